The van der Waals surface area contributed by atoms with Gasteiger partial charge in [-0.2, -0.15) is 0 Å². The Balaban J connectivity index is 1.28. The zero-order chi connectivity index (χ0) is 17.8. The number of benzene rings is 1. The van der Waals surface area contributed by atoms with Gasteiger partial charge in [-0.15, -0.1) is 0 Å². The summed E-state index contributed by atoms with van der Waals surface area (Å²) in [6.45, 7) is 6.13. The van der Waals surface area contributed by atoms with E-state index in [1.807, 2.05) is 17.0 Å². The summed E-state index contributed by atoms with van der Waals surface area (Å²) in [5, 5.41) is 3.06. The second kappa shape index (κ2) is 8.37. The minimum Gasteiger partial charge on any atom is -0.379 e. The van der Waals surface area contributed by atoms with E-state index in [9.17, 15) is 4.79 Å². The summed E-state index contributed by atoms with van der Waals surface area (Å²) < 4.78 is 11.2. The molecule has 6 nitrogen and oxygen atoms in total. The van der Waals surface area contributed by atoms with Gasteiger partial charge >= 0.3 is 6.03 Å². The highest BCUT2D eigenvalue weighted by atomic mass is 16.5. The van der Waals surface area contributed by atoms with Crippen LogP contribution in [0.5, 0.6) is 0 Å². The Morgan fingerprint density at radius 2 is 1.88 bits per heavy atom. The first-order chi connectivity index (χ1) is 12.8. The van der Waals surface area contributed by atoms with E-state index < -0.39 is 0 Å². The van der Waals surface area contributed by atoms with E-state index in [4.69, 9.17) is 9.47 Å². The van der Waals surface area contributed by atoms with Crippen molar-refractivity contribution in [3.63, 3.8) is 0 Å². The molecule has 2 heterocycles. The predicted octanol–water partition coefficient (Wildman–Crippen LogP) is 2.35. The molecule has 1 saturated carbocycles. The summed E-state index contributed by atoms with van der Waals surface area (Å²) in [6.07, 6.45) is 4.54. The summed E-state index contributed by atoms with van der Waals surface area (Å²) in [7, 11) is 0. The molecule has 2 saturated heterocycles. The third-order valence-electron chi connectivity index (χ3n) is 5.77. The monoisotopic (exact) mass is 359 g/mol. The number of hydrogen-bond acceptors (Lipinski definition) is 4. The summed E-state index contributed by atoms with van der Waals surface area (Å²) in [5.41, 5.74) is 2.17. The SMILES string of the molecule is O=C(Nc1ccc(CCN2CCOCC2)cc1)N1CCO[C@@H]2CCC[C@@H]21. The number of nitrogens with one attached hydrogen (secondary N) is 1. The molecule has 1 aliphatic carbocycles. The molecule has 3 fully saturated rings. The molecule has 1 aromatic rings. The minimum atomic E-state index is 0.00580. The Labute approximate surface area is 155 Å². The van der Waals surface area contributed by atoms with Gasteiger partial charge in [-0.3, -0.25) is 4.90 Å². The minimum absolute atomic E-state index is 0.00580. The maximum absolute atomic E-state index is 12.7. The van der Waals surface area contributed by atoms with Gasteiger partial charge in [-0.05, 0) is 43.4 Å². The van der Waals surface area contributed by atoms with Crippen molar-refractivity contribution in [2.24, 2.45) is 0 Å². The molecular formula is C20H29N3O3. The molecule has 2 aliphatic heterocycles. The van der Waals surface area contributed by atoms with Crippen LogP contribution in [0, 0.1) is 0 Å². The zero-order valence-corrected chi connectivity index (χ0v) is 15.4. The molecule has 4 rings (SSSR count). The van der Waals surface area contributed by atoms with Crippen molar-refractivity contribution in [1.29, 1.82) is 0 Å². The number of carbonyl (C=O) groups is 1. The maximum Gasteiger partial charge on any atom is 0.322 e. The van der Waals surface area contributed by atoms with Crippen molar-refractivity contribution < 1.29 is 14.3 Å². The lowest BCUT2D eigenvalue weighted by Crippen LogP contribution is -2.52. The molecule has 142 valence electrons. The second-order valence-electron chi connectivity index (χ2n) is 7.43. The average Bonchev–Trinajstić information content (AvgIpc) is 3.17. The molecule has 0 bridgehead atoms. The summed E-state index contributed by atoms with van der Waals surface area (Å²) in [6, 6.07) is 8.52. The van der Waals surface area contributed by atoms with Crippen LogP contribution in [0.2, 0.25) is 0 Å². The topological polar surface area (TPSA) is 54.0 Å². The number of anilines is 1. The number of rotatable bonds is 4. The van der Waals surface area contributed by atoms with E-state index in [0.29, 0.717) is 13.2 Å². The van der Waals surface area contributed by atoms with Gasteiger partial charge in [0.25, 0.3) is 0 Å². The summed E-state index contributed by atoms with van der Waals surface area (Å²) >= 11 is 0. The van der Waals surface area contributed by atoms with Crippen molar-refractivity contribution in [2.45, 2.75) is 37.8 Å². The fourth-order valence-electron chi connectivity index (χ4n) is 4.24. The van der Waals surface area contributed by atoms with E-state index in [2.05, 4.69) is 22.3 Å². The third-order valence-corrected chi connectivity index (χ3v) is 5.77. The van der Waals surface area contributed by atoms with Gasteiger partial charge in [0, 0.05) is 31.9 Å². The number of nitrogens with zero attached hydrogens (tertiary/aromatic N) is 2. The Kier molecular flexibility index (Phi) is 5.72. The molecule has 1 N–H and O–H groups in total. The average molecular weight is 359 g/mol. The molecule has 2 atom stereocenters. The van der Waals surface area contributed by atoms with Gasteiger partial charge in [-0.25, -0.2) is 4.79 Å². The number of ether oxygens (including phenoxy) is 2. The Bertz CT molecular complexity index is 601. The molecule has 3 aliphatic rings. The highest BCUT2D eigenvalue weighted by Crippen LogP contribution is 2.30. The molecule has 0 spiro atoms. The van der Waals surface area contributed by atoms with Gasteiger partial charge in [0.1, 0.15) is 0 Å². The number of urea groups is 1. The molecular weight excluding hydrogens is 330 g/mol. The van der Waals surface area contributed by atoms with Crippen molar-refractivity contribution in [3.8, 4) is 0 Å². The fourth-order valence-corrected chi connectivity index (χ4v) is 4.24. The van der Waals surface area contributed by atoms with Gasteiger partial charge in [-0.1, -0.05) is 12.1 Å². The Morgan fingerprint density at radius 3 is 2.69 bits per heavy atom. The lowest BCUT2D eigenvalue weighted by atomic mass is 10.1. The number of morpholine rings is 2. The van der Waals surface area contributed by atoms with Crippen LogP contribution in [-0.4, -0.2) is 74.0 Å². The van der Waals surface area contributed by atoms with Crippen LogP contribution in [-0.2, 0) is 15.9 Å². The van der Waals surface area contributed by atoms with Crippen LogP contribution in [0.4, 0.5) is 10.5 Å². The van der Waals surface area contributed by atoms with Crippen LogP contribution in [0.15, 0.2) is 24.3 Å². The lowest BCUT2D eigenvalue weighted by Gasteiger charge is -2.37. The van der Waals surface area contributed by atoms with E-state index >= 15 is 0 Å². The molecule has 26 heavy (non-hydrogen) atoms. The largest absolute Gasteiger partial charge is 0.379 e. The predicted molar refractivity (Wildman–Crippen MR) is 101 cm³/mol. The highest BCUT2D eigenvalue weighted by molar-refractivity contribution is 5.89. The first-order valence-electron chi connectivity index (χ1n) is 9.88. The van der Waals surface area contributed by atoms with Crippen LogP contribution in [0.25, 0.3) is 0 Å². The number of hydrogen-bond donors (Lipinski definition) is 1. The van der Waals surface area contributed by atoms with E-state index in [1.54, 1.807) is 0 Å². The number of carbonyl (C=O) groups excluding carboxylic acids is 1. The van der Waals surface area contributed by atoms with Crippen LogP contribution in [0.1, 0.15) is 24.8 Å². The smallest absolute Gasteiger partial charge is 0.322 e. The van der Waals surface area contributed by atoms with Crippen molar-refractivity contribution >= 4 is 11.7 Å². The summed E-state index contributed by atoms with van der Waals surface area (Å²) in [5.74, 6) is 0. The third kappa shape index (κ3) is 4.19. The van der Waals surface area contributed by atoms with Crippen molar-refractivity contribution in [1.82, 2.24) is 9.80 Å². The quantitative estimate of drug-likeness (QED) is 0.897. The van der Waals surface area contributed by atoms with Crippen LogP contribution in [0.3, 0.4) is 0 Å². The zero-order valence-electron chi connectivity index (χ0n) is 15.4. The van der Waals surface area contributed by atoms with Crippen molar-refractivity contribution in [3.05, 3.63) is 29.8 Å². The molecule has 6 heteroatoms. The maximum atomic E-state index is 12.7. The van der Waals surface area contributed by atoms with E-state index in [0.717, 1.165) is 64.2 Å². The fraction of sp³-hybridized carbons (Fsp3) is 0.650. The number of fused-ring (bicyclic) bond motifs is 1. The Morgan fingerprint density at radius 1 is 1.08 bits per heavy atom. The highest BCUT2D eigenvalue weighted by Gasteiger charge is 2.38. The first kappa shape index (κ1) is 17.8. The van der Waals surface area contributed by atoms with Crippen molar-refractivity contribution in [2.75, 3.05) is 51.3 Å². The molecule has 0 unspecified atom stereocenters. The second-order valence-corrected chi connectivity index (χ2v) is 7.43. The van der Waals surface area contributed by atoms with Crippen LogP contribution < -0.4 is 5.32 Å². The van der Waals surface area contributed by atoms with Crippen LogP contribution >= 0.6 is 0 Å². The van der Waals surface area contributed by atoms with Gasteiger partial charge in [0.15, 0.2) is 0 Å². The Hall–Kier alpha value is -1.63. The normalized spacial score (nSPS) is 26.5. The van der Waals surface area contributed by atoms with E-state index in [1.165, 1.54) is 5.56 Å². The van der Waals surface area contributed by atoms with Gasteiger partial charge in [0.05, 0.1) is 32.0 Å². The standard InChI is InChI=1S/C20H29N3O3/c24-20(23-12-15-26-19-3-1-2-18(19)23)21-17-6-4-16(5-7-17)8-9-22-10-13-25-14-11-22/h4-7,18-19H,1-3,8-15H2,(H,21,24)/t18-,19+/m0/s1. The lowest BCUT2D eigenvalue weighted by molar-refractivity contribution is -0.0362. The van der Waals surface area contributed by atoms with E-state index in [-0.39, 0.29) is 18.2 Å². The van der Waals surface area contributed by atoms with Gasteiger partial charge < -0.3 is 19.7 Å². The molecule has 0 radical (unpaired) electrons. The molecule has 0 aromatic heterocycles. The molecule has 1 aromatic carbocycles. The number of amides is 2. The summed E-state index contributed by atoms with van der Waals surface area (Å²) in [4.78, 5) is 17.1. The van der Waals surface area contributed by atoms with Gasteiger partial charge in [0.2, 0.25) is 0 Å². The molecule has 2 amide bonds. The first-order valence-corrected chi connectivity index (χ1v) is 9.88.